The van der Waals surface area contributed by atoms with Crippen molar-refractivity contribution in [2.75, 3.05) is 5.32 Å². The number of pyridine rings is 1. The van der Waals surface area contributed by atoms with Crippen molar-refractivity contribution in [3.8, 4) is 11.5 Å². The van der Waals surface area contributed by atoms with Gasteiger partial charge in [-0.1, -0.05) is 0 Å². The number of aromatic nitrogens is 3. The van der Waals surface area contributed by atoms with Gasteiger partial charge in [-0.3, -0.25) is 9.78 Å². The molecule has 0 radical (unpaired) electrons. The Bertz CT molecular complexity index is 1160. The Morgan fingerprint density at radius 1 is 0.966 bits per heavy atom. The second kappa shape index (κ2) is 7.27. The van der Waals surface area contributed by atoms with E-state index in [0.717, 1.165) is 12.1 Å². The molecule has 2 aromatic heterocycles. The second-order valence-corrected chi connectivity index (χ2v) is 6.08. The van der Waals surface area contributed by atoms with Crippen LogP contribution in [0.5, 0.6) is 11.5 Å². The van der Waals surface area contributed by atoms with Gasteiger partial charge in [0.05, 0.1) is 16.6 Å². The van der Waals surface area contributed by atoms with Crippen LogP contribution in [-0.2, 0) is 6.18 Å². The van der Waals surface area contributed by atoms with Crippen molar-refractivity contribution >= 4 is 22.6 Å². The summed E-state index contributed by atoms with van der Waals surface area (Å²) in [6.07, 6.45) is -1.26. The number of carbonyl (C=O) groups excluding carboxylic acids is 1. The lowest BCUT2D eigenvalue weighted by atomic mass is 10.2. The van der Waals surface area contributed by atoms with Crippen LogP contribution in [0.15, 0.2) is 67.0 Å². The first-order valence-electron chi connectivity index (χ1n) is 8.45. The largest absolute Gasteiger partial charge is 0.457 e. The van der Waals surface area contributed by atoms with E-state index in [2.05, 4.69) is 20.3 Å². The van der Waals surface area contributed by atoms with E-state index in [1.807, 2.05) is 0 Å². The molecule has 0 saturated heterocycles. The van der Waals surface area contributed by atoms with E-state index in [0.29, 0.717) is 17.2 Å². The second-order valence-electron chi connectivity index (χ2n) is 6.08. The number of halogens is 3. The average molecular weight is 398 g/mol. The number of rotatable bonds is 4. The quantitative estimate of drug-likeness (QED) is 0.506. The molecule has 4 aromatic rings. The normalized spacial score (nSPS) is 11.4. The molecule has 4 rings (SSSR count). The maximum absolute atomic E-state index is 12.8. The molecule has 9 heteroatoms. The standard InChI is InChI=1S/C20H13F3N4O2/c21-20(22,23)12-1-6-16-17(11-12)27-18(26-16)19(28)25-13-2-4-14(5-3-13)29-15-7-9-24-10-8-15/h1-11H,(H,25,28)(H,26,27). The van der Waals surface area contributed by atoms with Gasteiger partial charge in [-0.25, -0.2) is 4.98 Å². The zero-order chi connectivity index (χ0) is 20.4. The third-order valence-electron chi connectivity index (χ3n) is 4.02. The number of H-pyrrole nitrogens is 1. The number of amides is 1. The zero-order valence-electron chi connectivity index (χ0n) is 14.7. The average Bonchev–Trinajstić information content (AvgIpc) is 3.13. The molecule has 0 bridgehead atoms. The molecular weight excluding hydrogens is 385 g/mol. The van der Waals surface area contributed by atoms with Crippen LogP contribution in [0, 0.1) is 0 Å². The molecule has 29 heavy (non-hydrogen) atoms. The number of alkyl halides is 3. The van der Waals surface area contributed by atoms with Crippen LogP contribution in [0.3, 0.4) is 0 Å². The summed E-state index contributed by atoms with van der Waals surface area (Å²) in [4.78, 5) is 22.9. The Labute approximate surface area is 162 Å². The third-order valence-corrected chi connectivity index (χ3v) is 4.02. The summed E-state index contributed by atoms with van der Waals surface area (Å²) in [5, 5.41) is 2.63. The van der Waals surface area contributed by atoms with Crippen molar-refractivity contribution in [1.29, 1.82) is 0 Å². The Morgan fingerprint density at radius 2 is 1.66 bits per heavy atom. The van der Waals surface area contributed by atoms with Crippen molar-refractivity contribution < 1.29 is 22.7 Å². The van der Waals surface area contributed by atoms with Gasteiger partial charge in [0.2, 0.25) is 0 Å². The number of nitrogens with one attached hydrogen (secondary N) is 2. The van der Waals surface area contributed by atoms with Gasteiger partial charge >= 0.3 is 6.18 Å². The van der Waals surface area contributed by atoms with Gasteiger partial charge in [-0.2, -0.15) is 13.2 Å². The zero-order valence-corrected chi connectivity index (χ0v) is 14.7. The number of anilines is 1. The van der Waals surface area contributed by atoms with Gasteiger partial charge in [0.15, 0.2) is 5.82 Å². The molecule has 1 amide bonds. The van der Waals surface area contributed by atoms with Crippen molar-refractivity contribution in [2.45, 2.75) is 6.18 Å². The predicted molar refractivity (Wildman–Crippen MR) is 99.8 cm³/mol. The highest BCUT2D eigenvalue weighted by molar-refractivity contribution is 6.03. The van der Waals surface area contributed by atoms with E-state index in [1.54, 1.807) is 48.8 Å². The Hall–Kier alpha value is -3.88. The number of carbonyl (C=O) groups is 1. The van der Waals surface area contributed by atoms with E-state index >= 15 is 0 Å². The van der Waals surface area contributed by atoms with E-state index in [1.165, 1.54) is 6.07 Å². The lowest BCUT2D eigenvalue weighted by Gasteiger charge is -2.07. The molecule has 0 aliphatic heterocycles. The van der Waals surface area contributed by atoms with Crippen LogP contribution in [0.2, 0.25) is 0 Å². The highest BCUT2D eigenvalue weighted by Crippen LogP contribution is 2.31. The summed E-state index contributed by atoms with van der Waals surface area (Å²) < 4.78 is 44.1. The van der Waals surface area contributed by atoms with Crippen LogP contribution in [-0.4, -0.2) is 20.9 Å². The van der Waals surface area contributed by atoms with Gasteiger partial charge in [0, 0.05) is 18.1 Å². The molecule has 0 spiro atoms. The molecule has 0 atom stereocenters. The summed E-state index contributed by atoms with van der Waals surface area (Å²) >= 11 is 0. The first-order chi connectivity index (χ1) is 13.9. The monoisotopic (exact) mass is 398 g/mol. The number of ether oxygens (including phenoxy) is 1. The smallest absolute Gasteiger partial charge is 0.416 e. The number of benzene rings is 2. The SMILES string of the molecule is O=C(Nc1ccc(Oc2ccncc2)cc1)c1nc2ccc(C(F)(F)F)cc2[nH]1. The first-order valence-corrected chi connectivity index (χ1v) is 8.45. The number of fused-ring (bicyclic) bond motifs is 1. The molecule has 0 aliphatic rings. The van der Waals surface area contributed by atoms with Gasteiger partial charge < -0.3 is 15.0 Å². The Balaban J connectivity index is 1.47. The first kappa shape index (κ1) is 18.5. The minimum atomic E-state index is -4.47. The molecule has 2 N–H and O–H groups in total. The number of aromatic amines is 1. The molecule has 0 saturated carbocycles. The molecule has 0 unspecified atom stereocenters. The van der Waals surface area contributed by atoms with Crippen LogP contribution in [0.4, 0.5) is 18.9 Å². The lowest BCUT2D eigenvalue weighted by Crippen LogP contribution is -2.13. The van der Waals surface area contributed by atoms with Crippen LogP contribution < -0.4 is 10.1 Å². The van der Waals surface area contributed by atoms with Gasteiger partial charge in [-0.05, 0) is 54.6 Å². The van der Waals surface area contributed by atoms with E-state index in [9.17, 15) is 18.0 Å². The Morgan fingerprint density at radius 3 is 2.34 bits per heavy atom. The molecule has 0 fully saturated rings. The van der Waals surface area contributed by atoms with Crippen LogP contribution in [0.25, 0.3) is 11.0 Å². The summed E-state index contributed by atoms with van der Waals surface area (Å²) in [5.41, 5.74) is 0.0641. The Kier molecular flexibility index (Phi) is 4.63. The van der Waals surface area contributed by atoms with Gasteiger partial charge in [-0.15, -0.1) is 0 Å². The summed E-state index contributed by atoms with van der Waals surface area (Å²) in [5.74, 6) is 0.531. The third kappa shape index (κ3) is 4.18. The minimum Gasteiger partial charge on any atom is -0.457 e. The molecule has 146 valence electrons. The topological polar surface area (TPSA) is 79.9 Å². The lowest BCUT2D eigenvalue weighted by molar-refractivity contribution is -0.137. The summed E-state index contributed by atoms with van der Waals surface area (Å²) in [7, 11) is 0. The van der Waals surface area contributed by atoms with E-state index in [4.69, 9.17) is 4.74 Å². The molecule has 0 aliphatic carbocycles. The number of imidazole rings is 1. The molecule has 2 heterocycles. The maximum Gasteiger partial charge on any atom is 0.416 e. The van der Waals surface area contributed by atoms with Crippen molar-refractivity contribution in [2.24, 2.45) is 0 Å². The van der Waals surface area contributed by atoms with Gasteiger partial charge in [0.1, 0.15) is 11.5 Å². The summed E-state index contributed by atoms with van der Waals surface area (Å²) in [6.45, 7) is 0. The highest BCUT2D eigenvalue weighted by atomic mass is 19.4. The fourth-order valence-corrected chi connectivity index (χ4v) is 2.63. The van der Waals surface area contributed by atoms with E-state index in [-0.39, 0.29) is 16.9 Å². The van der Waals surface area contributed by atoms with Gasteiger partial charge in [0.25, 0.3) is 5.91 Å². The number of nitrogens with zero attached hydrogens (tertiary/aromatic N) is 2. The fourth-order valence-electron chi connectivity index (χ4n) is 2.63. The molecule has 6 nitrogen and oxygen atoms in total. The van der Waals surface area contributed by atoms with Crippen molar-refractivity contribution in [3.63, 3.8) is 0 Å². The summed E-state index contributed by atoms with van der Waals surface area (Å²) in [6, 6.07) is 13.1. The van der Waals surface area contributed by atoms with Crippen LogP contribution >= 0.6 is 0 Å². The van der Waals surface area contributed by atoms with Crippen molar-refractivity contribution in [3.05, 3.63) is 78.4 Å². The minimum absolute atomic E-state index is 0.0866. The van der Waals surface area contributed by atoms with Crippen LogP contribution in [0.1, 0.15) is 16.2 Å². The number of hydrogen-bond acceptors (Lipinski definition) is 4. The fraction of sp³-hybridized carbons (Fsp3) is 0.0500. The van der Waals surface area contributed by atoms with E-state index < -0.39 is 17.6 Å². The highest BCUT2D eigenvalue weighted by Gasteiger charge is 2.30. The maximum atomic E-state index is 12.8. The predicted octanol–water partition coefficient (Wildman–Crippen LogP) is 5.02. The molecule has 2 aromatic carbocycles. The van der Waals surface area contributed by atoms with Crippen molar-refractivity contribution in [1.82, 2.24) is 15.0 Å². The molecular formula is C20H13F3N4O2. The number of hydrogen-bond donors (Lipinski definition) is 2.